The Balaban J connectivity index is 1.69. The van der Waals surface area contributed by atoms with E-state index < -0.39 is 11.6 Å². The molecule has 0 radical (unpaired) electrons. The van der Waals surface area contributed by atoms with Crippen LogP contribution in [0.3, 0.4) is 0 Å². The summed E-state index contributed by atoms with van der Waals surface area (Å²) in [7, 11) is 0. The molecule has 1 amide bonds. The van der Waals surface area contributed by atoms with Crippen molar-refractivity contribution in [3.63, 3.8) is 0 Å². The summed E-state index contributed by atoms with van der Waals surface area (Å²) < 4.78 is 31.8. The summed E-state index contributed by atoms with van der Waals surface area (Å²) in [5.41, 5.74) is 0.316. The SMILES string of the molecule is O=C1[C@H](Sc2ncco2)CCCN1Cc1ccc(F)cc1F. The van der Waals surface area contributed by atoms with Crippen LogP contribution in [0, 0.1) is 11.6 Å². The minimum absolute atomic E-state index is 0.0711. The maximum Gasteiger partial charge on any atom is 0.256 e. The molecule has 1 fully saturated rings. The highest BCUT2D eigenvalue weighted by atomic mass is 32.2. The number of likely N-dealkylation sites (tertiary alicyclic amines) is 1. The Bertz CT molecular complexity index is 664. The average Bonchev–Trinajstić information content (AvgIpc) is 2.99. The fourth-order valence-electron chi connectivity index (χ4n) is 2.42. The molecule has 4 nitrogen and oxygen atoms in total. The van der Waals surface area contributed by atoms with E-state index in [0.29, 0.717) is 17.3 Å². The number of aromatic nitrogens is 1. The lowest BCUT2D eigenvalue weighted by Crippen LogP contribution is -2.42. The normalized spacial score (nSPS) is 18.7. The van der Waals surface area contributed by atoms with Crippen molar-refractivity contribution in [1.29, 1.82) is 0 Å². The number of nitrogens with zero attached hydrogens (tertiary/aromatic N) is 2. The van der Waals surface area contributed by atoms with Gasteiger partial charge in [0, 0.05) is 24.7 Å². The van der Waals surface area contributed by atoms with E-state index in [0.717, 1.165) is 18.9 Å². The number of halogens is 2. The fourth-order valence-corrected chi connectivity index (χ4v) is 3.43. The molecule has 7 heteroatoms. The molecule has 0 aliphatic carbocycles. The number of hydrogen-bond donors (Lipinski definition) is 0. The summed E-state index contributed by atoms with van der Waals surface area (Å²) in [5, 5.41) is 0.170. The third-order valence-electron chi connectivity index (χ3n) is 3.51. The number of thioether (sulfide) groups is 1. The Hall–Kier alpha value is -1.89. The highest BCUT2D eigenvalue weighted by Gasteiger charge is 2.31. The summed E-state index contributed by atoms with van der Waals surface area (Å²) >= 11 is 1.28. The first-order chi connectivity index (χ1) is 10.6. The van der Waals surface area contributed by atoms with E-state index in [-0.39, 0.29) is 17.7 Å². The van der Waals surface area contributed by atoms with Gasteiger partial charge in [0.2, 0.25) is 5.91 Å². The lowest BCUT2D eigenvalue weighted by atomic mass is 10.1. The molecule has 1 atom stereocenters. The molecule has 2 heterocycles. The van der Waals surface area contributed by atoms with Crippen molar-refractivity contribution in [1.82, 2.24) is 9.88 Å². The molecule has 0 N–H and O–H groups in total. The van der Waals surface area contributed by atoms with Crippen LogP contribution >= 0.6 is 11.8 Å². The molecule has 0 spiro atoms. The molecule has 2 aromatic rings. The number of hydrogen-bond acceptors (Lipinski definition) is 4. The van der Waals surface area contributed by atoms with Gasteiger partial charge in [-0.05, 0) is 18.9 Å². The number of amides is 1. The highest BCUT2D eigenvalue weighted by Crippen LogP contribution is 2.30. The molecule has 0 saturated carbocycles. The van der Waals surface area contributed by atoms with Crippen LogP contribution in [0.2, 0.25) is 0 Å². The Morgan fingerprint density at radius 2 is 2.27 bits per heavy atom. The molecular weight excluding hydrogens is 310 g/mol. The third-order valence-corrected chi connectivity index (χ3v) is 4.64. The van der Waals surface area contributed by atoms with Crippen molar-refractivity contribution >= 4 is 17.7 Å². The number of carbonyl (C=O) groups excluding carboxylic acids is 1. The van der Waals surface area contributed by atoms with Gasteiger partial charge in [-0.3, -0.25) is 4.79 Å². The van der Waals surface area contributed by atoms with Gasteiger partial charge >= 0.3 is 0 Å². The first-order valence-electron chi connectivity index (χ1n) is 6.92. The van der Waals surface area contributed by atoms with Crippen molar-refractivity contribution in [2.24, 2.45) is 0 Å². The van der Waals surface area contributed by atoms with E-state index in [2.05, 4.69) is 4.98 Å². The van der Waals surface area contributed by atoms with Crippen molar-refractivity contribution < 1.29 is 18.0 Å². The number of oxazole rings is 1. The summed E-state index contributed by atoms with van der Waals surface area (Å²) in [6.45, 7) is 0.714. The maximum atomic E-state index is 13.7. The van der Waals surface area contributed by atoms with Crippen molar-refractivity contribution in [2.75, 3.05) is 6.54 Å². The second-order valence-corrected chi connectivity index (χ2v) is 6.20. The molecule has 116 valence electrons. The van der Waals surface area contributed by atoms with E-state index >= 15 is 0 Å². The second-order valence-electron chi connectivity index (χ2n) is 5.04. The number of carbonyl (C=O) groups is 1. The highest BCUT2D eigenvalue weighted by molar-refractivity contribution is 8.00. The Morgan fingerprint density at radius 3 is 3.00 bits per heavy atom. The van der Waals surface area contributed by atoms with Crippen molar-refractivity contribution in [3.05, 3.63) is 47.9 Å². The minimum Gasteiger partial charge on any atom is -0.440 e. The smallest absolute Gasteiger partial charge is 0.256 e. The minimum atomic E-state index is -0.629. The van der Waals surface area contributed by atoms with Gasteiger partial charge in [-0.1, -0.05) is 17.8 Å². The number of rotatable bonds is 4. The lowest BCUT2D eigenvalue weighted by Gasteiger charge is -2.31. The lowest BCUT2D eigenvalue weighted by molar-refractivity contribution is -0.133. The van der Waals surface area contributed by atoms with Gasteiger partial charge in [-0.25, -0.2) is 13.8 Å². The van der Waals surface area contributed by atoms with E-state index in [4.69, 9.17) is 4.42 Å². The van der Waals surface area contributed by atoms with Crippen molar-refractivity contribution in [3.8, 4) is 0 Å². The largest absolute Gasteiger partial charge is 0.440 e. The van der Waals surface area contributed by atoms with Gasteiger partial charge in [0.15, 0.2) is 0 Å². The average molecular weight is 324 g/mol. The molecular formula is C15H14F2N2O2S. The second kappa shape index (κ2) is 6.48. The molecule has 1 aromatic heterocycles. The first kappa shape index (κ1) is 15.0. The van der Waals surface area contributed by atoms with Crippen LogP contribution in [0.4, 0.5) is 8.78 Å². The molecule has 22 heavy (non-hydrogen) atoms. The van der Waals surface area contributed by atoms with Gasteiger partial charge in [-0.15, -0.1) is 0 Å². The van der Waals surface area contributed by atoms with Crippen LogP contribution in [0.1, 0.15) is 18.4 Å². The predicted molar refractivity (Wildman–Crippen MR) is 77.2 cm³/mol. The number of piperidine rings is 1. The zero-order valence-corrected chi connectivity index (χ0v) is 12.5. The monoisotopic (exact) mass is 324 g/mol. The van der Waals surface area contributed by atoms with E-state index in [1.54, 1.807) is 4.90 Å². The number of benzene rings is 1. The quantitative estimate of drug-likeness (QED) is 0.866. The van der Waals surface area contributed by atoms with Crippen LogP contribution in [-0.4, -0.2) is 27.6 Å². The van der Waals surface area contributed by atoms with E-state index in [1.807, 2.05) is 0 Å². The van der Waals surface area contributed by atoms with Crippen LogP contribution in [-0.2, 0) is 11.3 Å². The summed E-state index contributed by atoms with van der Waals surface area (Å²) in [6.07, 6.45) is 4.55. The summed E-state index contributed by atoms with van der Waals surface area (Å²) in [4.78, 5) is 18.1. The standard InChI is InChI=1S/C15H14F2N2O2S/c16-11-4-3-10(12(17)8-11)9-19-6-1-2-13(14(19)20)22-15-18-5-7-21-15/h3-5,7-8,13H,1-2,6,9H2/t13-/m1/s1. The maximum absolute atomic E-state index is 13.7. The van der Waals surface area contributed by atoms with Crippen molar-refractivity contribution in [2.45, 2.75) is 29.9 Å². The van der Waals surface area contributed by atoms with Crippen LogP contribution in [0.5, 0.6) is 0 Å². The zero-order chi connectivity index (χ0) is 15.5. The van der Waals surface area contributed by atoms with Crippen LogP contribution in [0.25, 0.3) is 0 Å². The topological polar surface area (TPSA) is 46.3 Å². The summed E-state index contributed by atoms with van der Waals surface area (Å²) in [6, 6.07) is 3.41. The van der Waals surface area contributed by atoms with Gasteiger partial charge in [0.25, 0.3) is 5.22 Å². The molecule has 0 bridgehead atoms. The van der Waals surface area contributed by atoms with Gasteiger partial charge in [0.1, 0.15) is 17.9 Å². The Kier molecular flexibility index (Phi) is 4.42. The van der Waals surface area contributed by atoms with Crippen LogP contribution in [0.15, 0.2) is 40.3 Å². The fraction of sp³-hybridized carbons (Fsp3) is 0.333. The van der Waals surface area contributed by atoms with E-state index in [9.17, 15) is 13.6 Å². The first-order valence-corrected chi connectivity index (χ1v) is 7.80. The Labute approximate surface area is 130 Å². The van der Waals surface area contributed by atoms with E-state index in [1.165, 1.54) is 36.4 Å². The molecule has 1 saturated heterocycles. The zero-order valence-electron chi connectivity index (χ0n) is 11.7. The summed E-state index contributed by atoms with van der Waals surface area (Å²) in [5.74, 6) is -1.32. The van der Waals surface area contributed by atoms with Gasteiger partial charge < -0.3 is 9.32 Å². The van der Waals surface area contributed by atoms with Gasteiger partial charge in [-0.2, -0.15) is 0 Å². The van der Waals surface area contributed by atoms with Crippen LogP contribution < -0.4 is 0 Å². The Morgan fingerprint density at radius 1 is 1.41 bits per heavy atom. The predicted octanol–water partition coefficient (Wildman–Crippen LogP) is 3.24. The van der Waals surface area contributed by atoms with Gasteiger partial charge in [0.05, 0.1) is 11.4 Å². The third kappa shape index (κ3) is 3.30. The molecule has 1 aliphatic heterocycles. The molecule has 1 aromatic carbocycles. The molecule has 1 aliphatic rings. The molecule has 0 unspecified atom stereocenters. The molecule has 3 rings (SSSR count).